The van der Waals surface area contributed by atoms with Crippen molar-refractivity contribution < 1.29 is 4.79 Å². The summed E-state index contributed by atoms with van der Waals surface area (Å²) < 4.78 is 0. The van der Waals surface area contributed by atoms with E-state index in [1.807, 2.05) is 18.3 Å². The van der Waals surface area contributed by atoms with E-state index in [9.17, 15) is 4.79 Å². The molecule has 3 heteroatoms. The summed E-state index contributed by atoms with van der Waals surface area (Å²) in [6.07, 6.45) is 0.724. The monoisotopic (exact) mass is 251 g/mol. The van der Waals surface area contributed by atoms with Gasteiger partial charge in [0.05, 0.1) is 0 Å². The molecule has 1 aromatic rings. The van der Waals surface area contributed by atoms with Crippen molar-refractivity contribution in [2.45, 2.75) is 32.6 Å². The van der Waals surface area contributed by atoms with E-state index >= 15 is 0 Å². The Kier molecular flexibility index (Phi) is 3.69. The second-order valence-corrected chi connectivity index (χ2v) is 6.66. The van der Waals surface area contributed by atoms with Gasteiger partial charge in [-0.25, -0.2) is 0 Å². The van der Waals surface area contributed by atoms with Crippen LogP contribution < -0.4 is 0 Å². The minimum Gasteiger partial charge on any atom is -0.301 e. The zero-order valence-electron chi connectivity index (χ0n) is 10.9. The van der Waals surface area contributed by atoms with Crippen molar-refractivity contribution in [2.24, 2.45) is 5.92 Å². The molecule has 94 valence electrons. The summed E-state index contributed by atoms with van der Waals surface area (Å²) >= 11 is 1.83. The van der Waals surface area contributed by atoms with Crippen LogP contribution >= 0.6 is 11.3 Å². The number of piperidine rings is 1. The predicted molar refractivity (Wildman–Crippen MR) is 72.6 cm³/mol. The highest BCUT2D eigenvalue weighted by Crippen LogP contribution is 2.29. The van der Waals surface area contributed by atoms with E-state index in [1.54, 1.807) is 0 Å². The average Bonchev–Trinajstić information content (AvgIpc) is 2.77. The molecule has 1 saturated heterocycles. The molecule has 1 aliphatic heterocycles. The highest BCUT2D eigenvalue weighted by atomic mass is 32.1. The number of thiophene rings is 1. The number of carbonyl (C=O) groups excluding carboxylic acids is 1. The molecular weight excluding hydrogens is 230 g/mol. The van der Waals surface area contributed by atoms with Crippen LogP contribution in [0.2, 0.25) is 0 Å². The molecule has 0 spiro atoms. The third kappa shape index (κ3) is 2.96. The molecule has 0 radical (unpaired) electrons. The van der Waals surface area contributed by atoms with Gasteiger partial charge in [-0.1, -0.05) is 26.8 Å². The highest BCUT2D eigenvalue weighted by molar-refractivity contribution is 7.10. The smallest absolute Gasteiger partial charge is 0.138 e. The molecule has 17 heavy (non-hydrogen) atoms. The lowest BCUT2D eigenvalue weighted by Gasteiger charge is -2.36. The zero-order chi connectivity index (χ0) is 12.5. The normalized spacial score (nSPS) is 23.0. The maximum absolute atomic E-state index is 11.5. The minimum atomic E-state index is 0.189. The molecule has 2 heterocycles. The molecule has 1 atom stereocenters. The summed E-state index contributed by atoms with van der Waals surface area (Å²) in [5.41, 5.74) is 0.189. The molecule has 0 aromatic carbocycles. The molecule has 1 aliphatic rings. The molecule has 0 saturated carbocycles. The molecule has 0 N–H and O–H groups in total. The number of carbonyl (C=O) groups is 1. The van der Waals surface area contributed by atoms with Gasteiger partial charge < -0.3 is 4.90 Å². The van der Waals surface area contributed by atoms with E-state index in [0.717, 1.165) is 26.1 Å². The molecular formula is C14H21NOS. The van der Waals surface area contributed by atoms with Crippen LogP contribution in [0.25, 0.3) is 0 Å². The van der Waals surface area contributed by atoms with Gasteiger partial charge in [0.15, 0.2) is 0 Å². The molecule has 2 nitrogen and oxygen atoms in total. The Bertz CT molecular complexity index is 383. The Hall–Kier alpha value is -0.670. The van der Waals surface area contributed by atoms with Crippen molar-refractivity contribution in [3.8, 4) is 0 Å². The van der Waals surface area contributed by atoms with Crippen molar-refractivity contribution in [1.29, 1.82) is 0 Å². The minimum absolute atomic E-state index is 0.189. The number of hydrogen-bond donors (Lipinski definition) is 0. The largest absolute Gasteiger partial charge is 0.301 e. The molecule has 2 rings (SSSR count). The first-order valence-corrected chi connectivity index (χ1v) is 7.16. The van der Waals surface area contributed by atoms with Crippen LogP contribution in [0.1, 0.15) is 32.1 Å². The Labute approximate surface area is 108 Å². The average molecular weight is 251 g/mol. The van der Waals surface area contributed by atoms with Gasteiger partial charge in [-0.15, -0.1) is 11.3 Å². The van der Waals surface area contributed by atoms with Gasteiger partial charge in [0.25, 0.3) is 0 Å². The number of ketones is 1. The maximum Gasteiger partial charge on any atom is 0.138 e. The third-order valence-corrected chi connectivity index (χ3v) is 4.80. The Morgan fingerprint density at radius 2 is 2.29 bits per heavy atom. The number of Topliss-reactive ketones (excluding diaryl/α,β-unsaturated/α-hetero) is 1. The Morgan fingerprint density at radius 1 is 1.53 bits per heavy atom. The van der Waals surface area contributed by atoms with Gasteiger partial charge >= 0.3 is 0 Å². The number of hydrogen-bond acceptors (Lipinski definition) is 3. The van der Waals surface area contributed by atoms with Crippen molar-refractivity contribution >= 4 is 17.1 Å². The summed E-state index contributed by atoms with van der Waals surface area (Å²) in [7, 11) is 0. The van der Waals surface area contributed by atoms with Crippen LogP contribution in [-0.2, 0) is 10.2 Å². The van der Waals surface area contributed by atoms with Crippen LogP contribution in [0, 0.1) is 5.92 Å². The molecule has 1 aromatic heterocycles. The number of nitrogens with zero attached hydrogens (tertiary/aromatic N) is 1. The van der Waals surface area contributed by atoms with Gasteiger partial charge in [-0.05, 0) is 11.4 Å². The van der Waals surface area contributed by atoms with Crippen LogP contribution in [0.5, 0.6) is 0 Å². The van der Waals surface area contributed by atoms with Crippen molar-refractivity contribution in [3.05, 3.63) is 22.4 Å². The molecule has 1 unspecified atom stereocenters. The topological polar surface area (TPSA) is 20.3 Å². The quantitative estimate of drug-likeness (QED) is 0.823. The Balaban J connectivity index is 1.99. The Morgan fingerprint density at radius 3 is 2.88 bits per heavy atom. The van der Waals surface area contributed by atoms with Crippen LogP contribution in [0.4, 0.5) is 0 Å². The summed E-state index contributed by atoms with van der Waals surface area (Å²) in [5.74, 6) is 0.637. The second-order valence-electron chi connectivity index (χ2n) is 5.71. The molecule has 0 aliphatic carbocycles. The van der Waals surface area contributed by atoms with Gasteiger partial charge in [0.2, 0.25) is 0 Å². The maximum atomic E-state index is 11.5. The fourth-order valence-corrected chi connectivity index (χ4v) is 3.38. The SMILES string of the molecule is CC1CN(CC(C)(C)c2cccs2)CCC1=O. The first-order valence-electron chi connectivity index (χ1n) is 6.28. The third-order valence-electron chi connectivity index (χ3n) is 3.56. The summed E-state index contributed by atoms with van der Waals surface area (Å²) in [6, 6.07) is 4.33. The molecule has 0 bridgehead atoms. The second kappa shape index (κ2) is 4.91. The fourth-order valence-electron chi connectivity index (χ4n) is 2.54. The van der Waals surface area contributed by atoms with Crippen molar-refractivity contribution in [3.63, 3.8) is 0 Å². The lowest BCUT2D eigenvalue weighted by molar-refractivity contribution is -0.125. The van der Waals surface area contributed by atoms with E-state index < -0.39 is 0 Å². The van der Waals surface area contributed by atoms with Crippen LogP contribution in [0.3, 0.4) is 0 Å². The predicted octanol–water partition coefficient (Wildman–Crippen LogP) is 2.94. The summed E-state index contributed by atoms with van der Waals surface area (Å²) in [4.78, 5) is 15.4. The first kappa shape index (κ1) is 12.8. The van der Waals surface area contributed by atoms with E-state index in [4.69, 9.17) is 0 Å². The number of likely N-dealkylation sites (tertiary alicyclic amines) is 1. The van der Waals surface area contributed by atoms with E-state index in [-0.39, 0.29) is 11.3 Å². The first-order chi connectivity index (χ1) is 7.99. The van der Waals surface area contributed by atoms with E-state index in [2.05, 4.69) is 36.3 Å². The zero-order valence-corrected chi connectivity index (χ0v) is 11.7. The lowest BCUT2D eigenvalue weighted by atomic mass is 9.89. The number of rotatable bonds is 3. The van der Waals surface area contributed by atoms with Crippen molar-refractivity contribution in [1.82, 2.24) is 4.90 Å². The fraction of sp³-hybridized carbons (Fsp3) is 0.643. The van der Waals surface area contributed by atoms with Gasteiger partial charge in [-0.3, -0.25) is 4.79 Å². The van der Waals surface area contributed by atoms with E-state index in [1.165, 1.54) is 4.88 Å². The standard InChI is InChI=1S/C14H21NOS/c1-11-9-15(7-6-12(11)16)10-14(2,3)13-5-4-8-17-13/h4-5,8,11H,6-7,9-10H2,1-3H3. The van der Waals surface area contributed by atoms with Crippen LogP contribution in [0.15, 0.2) is 17.5 Å². The summed E-state index contributed by atoms with van der Waals surface area (Å²) in [5, 5.41) is 2.14. The van der Waals surface area contributed by atoms with E-state index in [0.29, 0.717) is 5.78 Å². The van der Waals surface area contributed by atoms with Gasteiger partial charge in [0, 0.05) is 42.3 Å². The molecule has 0 amide bonds. The highest BCUT2D eigenvalue weighted by Gasteiger charge is 2.29. The summed E-state index contributed by atoms with van der Waals surface area (Å²) in [6.45, 7) is 9.53. The van der Waals surface area contributed by atoms with Crippen LogP contribution in [-0.4, -0.2) is 30.3 Å². The molecule has 1 fully saturated rings. The van der Waals surface area contributed by atoms with Gasteiger partial charge in [-0.2, -0.15) is 0 Å². The van der Waals surface area contributed by atoms with Crippen molar-refractivity contribution in [2.75, 3.05) is 19.6 Å². The lowest BCUT2D eigenvalue weighted by Crippen LogP contribution is -2.45. The van der Waals surface area contributed by atoms with Gasteiger partial charge in [0.1, 0.15) is 5.78 Å².